The summed E-state index contributed by atoms with van der Waals surface area (Å²) in [5, 5.41) is 0. The first kappa shape index (κ1) is 15.5. The van der Waals surface area contributed by atoms with Crippen LogP contribution in [0.5, 0.6) is 0 Å². The maximum Gasteiger partial charge on any atom is 0.0717 e. The van der Waals surface area contributed by atoms with Crippen molar-refractivity contribution in [3.05, 3.63) is 22.7 Å². The number of nitrogens with two attached hydrogens (primary N) is 1. The van der Waals surface area contributed by atoms with E-state index in [0.29, 0.717) is 6.04 Å². The van der Waals surface area contributed by atoms with Gasteiger partial charge in [-0.2, -0.15) is 11.8 Å². The summed E-state index contributed by atoms with van der Waals surface area (Å²) in [4.78, 5) is 2.35. The van der Waals surface area contributed by atoms with Crippen molar-refractivity contribution in [3.8, 4) is 0 Å². The second kappa shape index (κ2) is 6.39. The molecule has 3 nitrogen and oxygen atoms in total. The standard InChI is InChI=1S/C16H23BrN2OS/c1-19(15-3-2-12(17)10-14(15)18)13-4-7-20-16(11-13)5-8-21-9-6-16/h2-3,10,13H,4-9,11,18H2,1H3. The quantitative estimate of drug-likeness (QED) is 0.800. The first-order valence-electron chi connectivity index (χ1n) is 7.59. The molecule has 2 aliphatic heterocycles. The average Bonchev–Trinajstić information content (AvgIpc) is 2.47. The molecule has 116 valence electrons. The molecule has 2 N–H and O–H groups in total. The van der Waals surface area contributed by atoms with Crippen molar-refractivity contribution < 1.29 is 4.74 Å². The van der Waals surface area contributed by atoms with E-state index in [0.717, 1.165) is 35.3 Å². The predicted octanol–water partition coefficient (Wildman–Crippen LogP) is 3.91. The second-order valence-corrected chi connectivity index (χ2v) is 8.24. The normalized spacial score (nSPS) is 25.0. The molecule has 1 atom stereocenters. The summed E-state index contributed by atoms with van der Waals surface area (Å²) in [6.07, 6.45) is 4.59. The lowest BCUT2D eigenvalue weighted by molar-refractivity contribution is -0.0892. The van der Waals surface area contributed by atoms with Crippen LogP contribution in [-0.4, -0.2) is 36.8 Å². The Morgan fingerprint density at radius 3 is 2.86 bits per heavy atom. The molecular formula is C16H23BrN2OS. The molecule has 1 aromatic rings. The van der Waals surface area contributed by atoms with Gasteiger partial charge in [0.2, 0.25) is 0 Å². The van der Waals surface area contributed by atoms with Crippen LogP contribution in [0.4, 0.5) is 11.4 Å². The summed E-state index contributed by atoms with van der Waals surface area (Å²) < 4.78 is 7.23. The smallest absolute Gasteiger partial charge is 0.0717 e. The highest BCUT2D eigenvalue weighted by Crippen LogP contribution is 2.40. The third-order valence-electron chi connectivity index (χ3n) is 4.79. The highest BCUT2D eigenvalue weighted by atomic mass is 79.9. The van der Waals surface area contributed by atoms with Crippen molar-refractivity contribution in [2.75, 3.05) is 35.8 Å². The van der Waals surface area contributed by atoms with E-state index in [1.54, 1.807) is 0 Å². The minimum absolute atomic E-state index is 0.118. The van der Waals surface area contributed by atoms with Gasteiger partial charge in [-0.05, 0) is 55.4 Å². The molecule has 2 heterocycles. The summed E-state index contributed by atoms with van der Waals surface area (Å²) in [6.45, 7) is 0.871. The van der Waals surface area contributed by atoms with Gasteiger partial charge in [-0.25, -0.2) is 0 Å². The van der Waals surface area contributed by atoms with Gasteiger partial charge >= 0.3 is 0 Å². The lowest BCUT2D eigenvalue weighted by Gasteiger charge is -2.46. The van der Waals surface area contributed by atoms with E-state index in [1.165, 1.54) is 24.3 Å². The van der Waals surface area contributed by atoms with Gasteiger partial charge in [-0.1, -0.05) is 15.9 Å². The van der Waals surface area contributed by atoms with Crippen molar-refractivity contribution in [1.82, 2.24) is 0 Å². The summed E-state index contributed by atoms with van der Waals surface area (Å²) in [7, 11) is 2.17. The molecule has 3 rings (SSSR count). The van der Waals surface area contributed by atoms with Crippen LogP contribution < -0.4 is 10.6 Å². The summed E-state index contributed by atoms with van der Waals surface area (Å²) >= 11 is 5.53. The van der Waals surface area contributed by atoms with Crippen molar-refractivity contribution in [1.29, 1.82) is 0 Å². The van der Waals surface area contributed by atoms with Gasteiger partial charge in [-0.15, -0.1) is 0 Å². The molecule has 0 amide bonds. The van der Waals surface area contributed by atoms with Crippen LogP contribution in [0.1, 0.15) is 25.7 Å². The number of anilines is 2. The Labute approximate surface area is 139 Å². The molecule has 21 heavy (non-hydrogen) atoms. The molecule has 1 aromatic carbocycles. The maximum absolute atomic E-state index is 6.19. The highest BCUT2D eigenvalue weighted by molar-refractivity contribution is 9.10. The number of halogens is 1. The number of nitrogen functional groups attached to an aromatic ring is 1. The molecule has 0 aliphatic carbocycles. The van der Waals surface area contributed by atoms with Crippen LogP contribution in [0.25, 0.3) is 0 Å². The molecule has 0 radical (unpaired) electrons. The fourth-order valence-electron chi connectivity index (χ4n) is 3.47. The van der Waals surface area contributed by atoms with Gasteiger partial charge in [0.1, 0.15) is 0 Å². The lowest BCUT2D eigenvalue weighted by Crippen LogP contribution is -2.49. The number of ether oxygens (including phenoxy) is 1. The summed E-state index contributed by atoms with van der Waals surface area (Å²) in [6, 6.07) is 6.68. The first-order chi connectivity index (χ1) is 10.1. The van der Waals surface area contributed by atoms with Crippen LogP contribution in [0.3, 0.4) is 0 Å². The minimum atomic E-state index is 0.118. The van der Waals surface area contributed by atoms with E-state index in [-0.39, 0.29) is 5.60 Å². The van der Waals surface area contributed by atoms with Crippen LogP contribution >= 0.6 is 27.7 Å². The van der Waals surface area contributed by atoms with Gasteiger partial charge in [0.05, 0.1) is 17.0 Å². The Morgan fingerprint density at radius 1 is 1.38 bits per heavy atom. The van der Waals surface area contributed by atoms with Gasteiger partial charge in [0, 0.05) is 24.2 Å². The topological polar surface area (TPSA) is 38.5 Å². The van der Waals surface area contributed by atoms with E-state index >= 15 is 0 Å². The number of rotatable bonds is 2. The Balaban J connectivity index is 1.76. The molecule has 0 aromatic heterocycles. The zero-order chi connectivity index (χ0) is 14.9. The largest absolute Gasteiger partial charge is 0.397 e. The number of nitrogens with zero attached hydrogens (tertiary/aromatic N) is 1. The number of benzene rings is 1. The van der Waals surface area contributed by atoms with Gasteiger partial charge < -0.3 is 15.4 Å². The molecule has 2 fully saturated rings. The Kier molecular flexibility index (Phi) is 4.71. The third-order valence-corrected chi connectivity index (χ3v) is 6.27. The Morgan fingerprint density at radius 2 is 2.14 bits per heavy atom. The van der Waals surface area contributed by atoms with Crippen molar-refractivity contribution in [3.63, 3.8) is 0 Å². The van der Waals surface area contributed by atoms with E-state index in [2.05, 4.69) is 51.8 Å². The van der Waals surface area contributed by atoms with Crippen molar-refractivity contribution in [2.45, 2.75) is 37.3 Å². The number of hydrogen-bond donors (Lipinski definition) is 1. The zero-order valence-corrected chi connectivity index (χ0v) is 14.9. The van der Waals surface area contributed by atoms with E-state index in [4.69, 9.17) is 10.5 Å². The predicted molar refractivity (Wildman–Crippen MR) is 95.2 cm³/mol. The van der Waals surface area contributed by atoms with E-state index in [1.807, 2.05) is 6.07 Å². The SMILES string of the molecule is CN(c1ccc(Br)cc1N)C1CCOC2(CCSCC2)C1. The van der Waals surface area contributed by atoms with Gasteiger partial charge in [-0.3, -0.25) is 0 Å². The van der Waals surface area contributed by atoms with Crippen LogP contribution in [-0.2, 0) is 4.74 Å². The lowest BCUT2D eigenvalue weighted by atomic mass is 9.85. The molecule has 2 aliphatic rings. The van der Waals surface area contributed by atoms with Crippen LogP contribution in [0.2, 0.25) is 0 Å². The fraction of sp³-hybridized carbons (Fsp3) is 0.625. The molecule has 1 unspecified atom stereocenters. The Hall–Kier alpha value is -0.390. The second-order valence-electron chi connectivity index (χ2n) is 6.10. The molecule has 2 saturated heterocycles. The molecule has 1 spiro atoms. The minimum Gasteiger partial charge on any atom is -0.397 e. The zero-order valence-electron chi connectivity index (χ0n) is 12.5. The monoisotopic (exact) mass is 370 g/mol. The van der Waals surface area contributed by atoms with Gasteiger partial charge in [0.25, 0.3) is 0 Å². The number of hydrogen-bond acceptors (Lipinski definition) is 4. The van der Waals surface area contributed by atoms with E-state index in [9.17, 15) is 0 Å². The van der Waals surface area contributed by atoms with E-state index < -0.39 is 0 Å². The fourth-order valence-corrected chi connectivity index (χ4v) is 5.08. The van der Waals surface area contributed by atoms with Crippen LogP contribution in [0.15, 0.2) is 22.7 Å². The average molecular weight is 371 g/mol. The van der Waals surface area contributed by atoms with Crippen LogP contribution in [0, 0.1) is 0 Å². The van der Waals surface area contributed by atoms with Crippen molar-refractivity contribution in [2.24, 2.45) is 0 Å². The maximum atomic E-state index is 6.19. The molecule has 0 saturated carbocycles. The highest BCUT2D eigenvalue weighted by Gasteiger charge is 2.40. The third kappa shape index (κ3) is 3.35. The summed E-state index contributed by atoms with van der Waals surface area (Å²) in [5.41, 5.74) is 8.28. The molecule has 0 bridgehead atoms. The van der Waals surface area contributed by atoms with Gasteiger partial charge in [0.15, 0.2) is 0 Å². The number of thioether (sulfide) groups is 1. The summed E-state index contributed by atoms with van der Waals surface area (Å²) in [5.74, 6) is 2.47. The molecule has 5 heteroatoms. The molecular weight excluding hydrogens is 348 g/mol. The first-order valence-corrected chi connectivity index (χ1v) is 9.54. The Bertz CT molecular complexity index is 500. The van der Waals surface area contributed by atoms with Crippen molar-refractivity contribution >= 4 is 39.1 Å².